The van der Waals surface area contributed by atoms with E-state index in [1.807, 2.05) is 0 Å². The van der Waals surface area contributed by atoms with Crippen molar-refractivity contribution < 1.29 is 9.18 Å². The molecule has 0 fully saturated rings. The summed E-state index contributed by atoms with van der Waals surface area (Å²) in [6, 6.07) is 14.4. The van der Waals surface area contributed by atoms with E-state index < -0.39 is 6.04 Å². The van der Waals surface area contributed by atoms with E-state index in [-0.39, 0.29) is 11.7 Å². The molecule has 1 unspecified atom stereocenters. The SMILES string of the molecule is CC(=O)Nc1ccc(C(C#N)Nc2ccc(F)cc2)cc1. The minimum Gasteiger partial charge on any atom is -0.366 e. The van der Waals surface area contributed by atoms with E-state index in [4.69, 9.17) is 0 Å². The average molecular weight is 283 g/mol. The molecule has 2 rings (SSSR count). The smallest absolute Gasteiger partial charge is 0.221 e. The number of amides is 1. The van der Waals surface area contributed by atoms with Crippen molar-refractivity contribution in [3.63, 3.8) is 0 Å². The predicted molar refractivity (Wildman–Crippen MR) is 79.1 cm³/mol. The van der Waals surface area contributed by atoms with Crippen LogP contribution in [-0.4, -0.2) is 5.91 Å². The summed E-state index contributed by atoms with van der Waals surface area (Å²) in [7, 11) is 0. The molecule has 2 N–H and O–H groups in total. The van der Waals surface area contributed by atoms with Gasteiger partial charge in [-0.05, 0) is 42.0 Å². The molecule has 0 aliphatic rings. The highest BCUT2D eigenvalue weighted by molar-refractivity contribution is 5.88. The highest BCUT2D eigenvalue weighted by atomic mass is 19.1. The fourth-order valence-corrected chi connectivity index (χ4v) is 1.87. The summed E-state index contributed by atoms with van der Waals surface area (Å²) in [6.07, 6.45) is 0. The van der Waals surface area contributed by atoms with Crippen molar-refractivity contribution in [1.82, 2.24) is 0 Å². The van der Waals surface area contributed by atoms with E-state index in [9.17, 15) is 14.4 Å². The monoisotopic (exact) mass is 283 g/mol. The Morgan fingerprint density at radius 1 is 1.10 bits per heavy atom. The number of anilines is 2. The Bertz CT molecular complexity index is 659. The summed E-state index contributed by atoms with van der Waals surface area (Å²) in [5, 5.41) is 14.9. The van der Waals surface area contributed by atoms with Crippen molar-refractivity contribution in [2.24, 2.45) is 0 Å². The molecular weight excluding hydrogens is 269 g/mol. The first-order valence-electron chi connectivity index (χ1n) is 6.38. The van der Waals surface area contributed by atoms with E-state index in [0.717, 1.165) is 5.56 Å². The Morgan fingerprint density at radius 2 is 1.67 bits per heavy atom. The Balaban J connectivity index is 2.12. The van der Waals surface area contributed by atoms with Crippen LogP contribution in [0.4, 0.5) is 15.8 Å². The van der Waals surface area contributed by atoms with Crippen LogP contribution in [0.15, 0.2) is 48.5 Å². The van der Waals surface area contributed by atoms with Crippen molar-refractivity contribution in [2.75, 3.05) is 10.6 Å². The minimum absolute atomic E-state index is 0.149. The third-order valence-corrected chi connectivity index (χ3v) is 2.85. The van der Waals surface area contributed by atoms with Crippen LogP contribution >= 0.6 is 0 Å². The molecule has 0 spiro atoms. The van der Waals surface area contributed by atoms with Crippen molar-refractivity contribution in [1.29, 1.82) is 5.26 Å². The summed E-state index contributed by atoms with van der Waals surface area (Å²) in [5.74, 6) is -0.474. The molecule has 4 nitrogen and oxygen atoms in total. The normalized spacial score (nSPS) is 11.3. The number of halogens is 1. The molecule has 2 aromatic rings. The van der Waals surface area contributed by atoms with Gasteiger partial charge < -0.3 is 10.6 Å². The van der Waals surface area contributed by atoms with Crippen LogP contribution in [0.2, 0.25) is 0 Å². The lowest BCUT2D eigenvalue weighted by molar-refractivity contribution is -0.114. The lowest BCUT2D eigenvalue weighted by Crippen LogP contribution is -2.09. The van der Waals surface area contributed by atoms with Crippen LogP contribution in [0.3, 0.4) is 0 Å². The molecule has 0 bridgehead atoms. The van der Waals surface area contributed by atoms with Crippen molar-refractivity contribution in [2.45, 2.75) is 13.0 Å². The quantitative estimate of drug-likeness (QED) is 0.903. The van der Waals surface area contributed by atoms with E-state index in [0.29, 0.717) is 11.4 Å². The number of nitriles is 1. The summed E-state index contributed by atoms with van der Waals surface area (Å²) >= 11 is 0. The highest BCUT2D eigenvalue weighted by Crippen LogP contribution is 2.21. The van der Waals surface area contributed by atoms with Crippen LogP contribution < -0.4 is 10.6 Å². The Morgan fingerprint density at radius 3 is 2.19 bits per heavy atom. The molecule has 1 atom stereocenters. The van der Waals surface area contributed by atoms with Gasteiger partial charge in [-0.3, -0.25) is 4.79 Å². The molecule has 0 aliphatic heterocycles. The van der Waals surface area contributed by atoms with Crippen LogP contribution in [0, 0.1) is 17.1 Å². The summed E-state index contributed by atoms with van der Waals surface area (Å²) in [6.45, 7) is 1.43. The third kappa shape index (κ3) is 4.05. The molecule has 0 saturated carbocycles. The maximum atomic E-state index is 12.9. The molecule has 0 saturated heterocycles. The standard InChI is InChI=1S/C16H14FN3O/c1-11(21)19-14-6-2-12(3-7-14)16(10-18)20-15-8-4-13(17)5-9-15/h2-9,16,20H,1H3,(H,19,21). The molecule has 2 aromatic carbocycles. The molecule has 0 radical (unpaired) electrons. The van der Waals surface area contributed by atoms with Gasteiger partial charge in [-0.25, -0.2) is 4.39 Å². The first-order chi connectivity index (χ1) is 10.1. The van der Waals surface area contributed by atoms with Crippen molar-refractivity contribution >= 4 is 17.3 Å². The maximum Gasteiger partial charge on any atom is 0.221 e. The van der Waals surface area contributed by atoms with E-state index in [1.54, 1.807) is 36.4 Å². The van der Waals surface area contributed by atoms with Gasteiger partial charge in [-0.1, -0.05) is 12.1 Å². The number of hydrogen-bond acceptors (Lipinski definition) is 3. The fraction of sp³-hybridized carbons (Fsp3) is 0.125. The summed E-state index contributed by atoms with van der Waals surface area (Å²) in [4.78, 5) is 11.0. The van der Waals surface area contributed by atoms with E-state index >= 15 is 0 Å². The van der Waals surface area contributed by atoms with E-state index in [2.05, 4.69) is 16.7 Å². The Hall–Kier alpha value is -2.87. The summed E-state index contributed by atoms with van der Waals surface area (Å²) < 4.78 is 12.9. The Labute approximate surface area is 122 Å². The topological polar surface area (TPSA) is 64.9 Å². The second-order valence-electron chi connectivity index (χ2n) is 4.52. The van der Waals surface area contributed by atoms with Gasteiger partial charge >= 0.3 is 0 Å². The lowest BCUT2D eigenvalue weighted by Gasteiger charge is -2.14. The number of rotatable bonds is 4. The van der Waals surface area contributed by atoms with E-state index in [1.165, 1.54) is 19.1 Å². The molecular formula is C16H14FN3O. The third-order valence-electron chi connectivity index (χ3n) is 2.85. The number of carbonyl (C=O) groups excluding carboxylic acids is 1. The van der Waals surface area contributed by atoms with Crippen LogP contribution in [0.25, 0.3) is 0 Å². The van der Waals surface area contributed by atoms with Gasteiger partial charge in [0.15, 0.2) is 0 Å². The second kappa shape index (κ2) is 6.53. The number of benzene rings is 2. The molecule has 5 heteroatoms. The van der Waals surface area contributed by atoms with Gasteiger partial charge in [-0.15, -0.1) is 0 Å². The molecule has 0 heterocycles. The zero-order valence-corrected chi connectivity index (χ0v) is 11.4. The average Bonchev–Trinajstić information content (AvgIpc) is 2.47. The van der Waals surface area contributed by atoms with Crippen molar-refractivity contribution in [3.05, 3.63) is 59.9 Å². The van der Waals surface area contributed by atoms with Gasteiger partial charge in [0.1, 0.15) is 11.9 Å². The van der Waals surface area contributed by atoms with Gasteiger partial charge in [-0.2, -0.15) is 5.26 Å². The van der Waals surface area contributed by atoms with Crippen LogP contribution in [-0.2, 0) is 4.79 Å². The zero-order chi connectivity index (χ0) is 15.2. The van der Waals surface area contributed by atoms with Gasteiger partial charge in [0.2, 0.25) is 5.91 Å². The summed E-state index contributed by atoms with van der Waals surface area (Å²) in [5.41, 5.74) is 2.09. The van der Waals surface area contributed by atoms with Crippen LogP contribution in [0.1, 0.15) is 18.5 Å². The van der Waals surface area contributed by atoms with Gasteiger partial charge in [0.25, 0.3) is 0 Å². The lowest BCUT2D eigenvalue weighted by atomic mass is 10.1. The molecule has 1 amide bonds. The first kappa shape index (κ1) is 14.5. The molecule has 21 heavy (non-hydrogen) atoms. The number of nitrogens with one attached hydrogen (secondary N) is 2. The second-order valence-corrected chi connectivity index (χ2v) is 4.52. The number of nitrogens with zero attached hydrogens (tertiary/aromatic N) is 1. The maximum absolute atomic E-state index is 12.9. The van der Waals surface area contributed by atoms with Crippen molar-refractivity contribution in [3.8, 4) is 6.07 Å². The predicted octanol–water partition coefficient (Wildman–Crippen LogP) is 3.46. The number of hydrogen-bond donors (Lipinski definition) is 2. The minimum atomic E-state index is -0.554. The Kier molecular flexibility index (Phi) is 4.52. The molecule has 0 aromatic heterocycles. The van der Waals surface area contributed by atoms with Gasteiger partial charge in [0, 0.05) is 18.3 Å². The first-order valence-corrected chi connectivity index (χ1v) is 6.38. The fourth-order valence-electron chi connectivity index (χ4n) is 1.87. The number of carbonyl (C=O) groups is 1. The van der Waals surface area contributed by atoms with Gasteiger partial charge in [0.05, 0.1) is 6.07 Å². The molecule has 0 aliphatic carbocycles. The largest absolute Gasteiger partial charge is 0.366 e. The zero-order valence-electron chi connectivity index (χ0n) is 11.4. The van der Waals surface area contributed by atoms with Crippen LogP contribution in [0.5, 0.6) is 0 Å². The molecule has 106 valence electrons. The highest BCUT2D eigenvalue weighted by Gasteiger charge is 2.10.